The van der Waals surface area contributed by atoms with Crippen LogP contribution in [-0.2, 0) is 28.4 Å². The standard InChI is InChI=1S/C21H23ClN4O3S/c1-24-21(9-10-23-24)30(27,28)26(16-17-5-7-18(22)8-6-17)20-4-2-3-19(15-20)25-11-13-29-14-12-25/h2-10,15H,11-14,16H2,1H3. The Bertz CT molecular complexity index is 1110. The van der Waals surface area contributed by atoms with Crippen LogP contribution in [-0.4, -0.2) is 44.5 Å². The maximum Gasteiger partial charge on any atom is 0.281 e. The molecule has 2 heterocycles. The smallest absolute Gasteiger partial charge is 0.281 e. The third-order valence-electron chi connectivity index (χ3n) is 5.06. The Balaban J connectivity index is 1.75. The molecule has 0 N–H and O–H groups in total. The largest absolute Gasteiger partial charge is 0.378 e. The molecule has 4 rings (SSSR count). The minimum absolute atomic E-state index is 0.133. The normalized spacial score (nSPS) is 14.7. The van der Waals surface area contributed by atoms with E-state index in [1.807, 2.05) is 36.4 Å². The van der Waals surface area contributed by atoms with Crippen LogP contribution < -0.4 is 9.21 Å². The first-order valence-electron chi connectivity index (χ1n) is 9.63. The average Bonchev–Trinajstić information content (AvgIpc) is 3.21. The number of benzene rings is 2. The first-order valence-corrected chi connectivity index (χ1v) is 11.4. The number of ether oxygens (including phenoxy) is 1. The summed E-state index contributed by atoms with van der Waals surface area (Å²) in [7, 11) is -2.22. The number of halogens is 1. The fourth-order valence-corrected chi connectivity index (χ4v) is 5.14. The van der Waals surface area contributed by atoms with Gasteiger partial charge in [-0.25, -0.2) is 0 Å². The third kappa shape index (κ3) is 4.30. The van der Waals surface area contributed by atoms with Crippen molar-refractivity contribution in [3.05, 3.63) is 71.4 Å². The molecule has 9 heteroatoms. The van der Waals surface area contributed by atoms with Crippen molar-refractivity contribution in [1.82, 2.24) is 9.78 Å². The summed E-state index contributed by atoms with van der Waals surface area (Å²) in [6, 6.07) is 16.3. The molecule has 0 spiro atoms. The second-order valence-corrected chi connectivity index (χ2v) is 9.30. The molecule has 0 unspecified atom stereocenters. The van der Waals surface area contributed by atoms with Gasteiger partial charge in [-0.05, 0) is 42.0 Å². The van der Waals surface area contributed by atoms with Crippen LogP contribution in [0.5, 0.6) is 0 Å². The van der Waals surface area contributed by atoms with Crippen molar-refractivity contribution in [1.29, 1.82) is 0 Å². The van der Waals surface area contributed by atoms with Crippen molar-refractivity contribution in [3.63, 3.8) is 0 Å². The molecule has 2 aromatic carbocycles. The molecular formula is C21H23ClN4O3S. The minimum atomic E-state index is -3.84. The van der Waals surface area contributed by atoms with Crippen LogP contribution in [0.1, 0.15) is 5.56 Å². The molecule has 1 aromatic heterocycles. The molecule has 1 fully saturated rings. The van der Waals surface area contributed by atoms with Gasteiger partial charge in [0.2, 0.25) is 0 Å². The first-order chi connectivity index (χ1) is 14.4. The summed E-state index contributed by atoms with van der Waals surface area (Å²) in [6.07, 6.45) is 1.48. The Morgan fingerprint density at radius 2 is 1.83 bits per heavy atom. The number of rotatable bonds is 6. The highest BCUT2D eigenvalue weighted by Gasteiger charge is 2.28. The summed E-state index contributed by atoms with van der Waals surface area (Å²) in [5.41, 5.74) is 2.40. The Morgan fingerprint density at radius 1 is 1.10 bits per heavy atom. The highest BCUT2D eigenvalue weighted by atomic mass is 35.5. The fraction of sp³-hybridized carbons (Fsp3) is 0.286. The summed E-state index contributed by atoms with van der Waals surface area (Å²) >= 11 is 6.00. The highest BCUT2D eigenvalue weighted by Crippen LogP contribution is 2.29. The van der Waals surface area contributed by atoms with Crippen LogP contribution in [0.4, 0.5) is 11.4 Å². The Morgan fingerprint density at radius 3 is 2.50 bits per heavy atom. The van der Waals surface area contributed by atoms with Gasteiger partial charge >= 0.3 is 0 Å². The van der Waals surface area contributed by atoms with E-state index in [9.17, 15) is 8.42 Å². The van der Waals surface area contributed by atoms with E-state index in [1.165, 1.54) is 21.3 Å². The van der Waals surface area contributed by atoms with E-state index >= 15 is 0 Å². The maximum atomic E-state index is 13.6. The average molecular weight is 447 g/mol. The fourth-order valence-electron chi connectivity index (χ4n) is 3.46. The van der Waals surface area contributed by atoms with E-state index in [1.54, 1.807) is 19.2 Å². The lowest BCUT2D eigenvalue weighted by molar-refractivity contribution is 0.122. The molecule has 7 nitrogen and oxygen atoms in total. The zero-order valence-corrected chi connectivity index (χ0v) is 18.2. The SMILES string of the molecule is Cn1nccc1S(=O)(=O)N(Cc1ccc(Cl)cc1)c1cccc(N2CCOCC2)c1. The van der Waals surface area contributed by atoms with Crippen molar-refractivity contribution < 1.29 is 13.2 Å². The van der Waals surface area contributed by atoms with Gasteiger partial charge in [0.25, 0.3) is 10.0 Å². The van der Waals surface area contributed by atoms with Gasteiger partial charge in [0.1, 0.15) is 0 Å². The number of morpholine rings is 1. The second kappa shape index (κ2) is 8.67. The number of sulfonamides is 1. The molecule has 3 aromatic rings. The number of anilines is 2. The molecule has 158 valence electrons. The van der Waals surface area contributed by atoms with Gasteiger partial charge in [-0.1, -0.05) is 29.8 Å². The zero-order valence-electron chi connectivity index (χ0n) is 16.6. The summed E-state index contributed by atoms with van der Waals surface area (Å²) in [5, 5.41) is 4.78. The van der Waals surface area contributed by atoms with Crippen molar-refractivity contribution in [3.8, 4) is 0 Å². The Kier molecular flexibility index (Phi) is 5.99. The van der Waals surface area contributed by atoms with Crippen molar-refractivity contribution in [2.45, 2.75) is 11.6 Å². The number of hydrogen-bond donors (Lipinski definition) is 0. The lowest BCUT2D eigenvalue weighted by Gasteiger charge is -2.30. The second-order valence-electron chi connectivity index (χ2n) is 7.05. The van der Waals surface area contributed by atoms with E-state index in [-0.39, 0.29) is 11.6 Å². The van der Waals surface area contributed by atoms with Gasteiger partial charge in [0, 0.05) is 30.8 Å². The third-order valence-corrected chi connectivity index (χ3v) is 7.16. The van der Waals surface area contributed by atoms with Crippen molar-refractivity contribution in [2.75, 3.05) is 35.5 Å². The van der Waals surface area contributed by atoms with Crippen LogP contribution >= 0.6 is 11.6 Å². The van der Waals surface area contributed by atoms with Crippen LogP contribution in [0.15, 0.2) is 65.8 Å². The van der Waals surface area contributed by atoms with Gasteiger partial charge in [-0.15, -0.1) is 0 Å². The molecule has 0 atom stereocenters. The summed E-state index contributed by atoms with van der Waals surface area (Å²) in [4.78, 5) is 2.20. The van der Waals surface area contributed by atoms with Gasteiger partial charge in [0.05, 0.1) is 31.6 Å². The molecule has 1 aliphatic heterocycles. The van der Waals surface area contributed by atoms with Crippen molar-refractivity contribution >= 4 is 33.0 Å². The van der Waals surface area contributed by atoms with E-state index < -0.39 is 10.0 Å². The summed E-state index contributed by atoms with van der Waals surface area (Å²) in [6.45, 7) is 3.04. The molecule has 1 saturated heterocycles. The lowest BCUT2D eigenvalue weighted by atomic mass is 10.2. The molecule has 0 aliphatic carbocycles. The number of aryl methyl sites for hydroxylation is 1. The molecular weight excluding hydrogens is 424 g/mol. The van der Waals surface area contributed by atoms with E-state index in [4.69, 9.17) is 16.3 Å². The monoisotopic (exact) mass is 446 g/mol. The van der Waals surface area contributed by atoms with Crippen LogP contribution in [0, 0.1) is 0 Å². The molecule has 0 bridgehead atoms. The zero-order chi connectivity index (χ0) is 21.1. The molecule has 1 aliphatic rings. The van der Waals surface area contributed by atoms with E-state index in [2.05, 4.69) is 10.00 Å². The number of aromatic nitrogens is 2. The van der Waals surface area contributed by atoms with Crippen LogP contribution in [0.3, 0.4) is 0 Å². The molecule has 30 heavy (non-hydrogen) atoms. The predicted octanol–water partition coefficient (Wildman–Crippen LogP) is 3.31. The summed E-state index contributed by atoms with van der Waals surface area (Å²) in [5.74, 6) is 0. The summed E-state index contributed by atoms with van der Waals surface area (Å²) < 4.78 is 35.4. The van der Waals surface area contributed by atoms with E-state index in [0.29, 0.717) is 23.9 Å². The van der Waals surface area contributed by atoms with Crippen LogP contribution in [0.2, 0.25) is 5.02 Å². The quantitative estimate of drug-likeness (QED) is 0.581. The van der Waals surface area contributed by atoms with Gasteiger partial charge < -0.3 is 9.64 Å². The predicted molar refractivity (Wildman–Crippen MR) is 118 cm³/mol. The first kappa shape index (κ1) is 20.7. The van der Waals surface area contributed by atoms with Gasteiger partial charge in [-0.3, -0.25) is 8.99 Å². The number of hydrogen-bond acceptors (Lipinski definition) is 5. The number of nitrogens with zero attached hydrogens (tertiary/aromatic N) is 4. The Labute approximate surface area is 181 Å². The van der Waals surface area contributed by atoms with Gasteiger partial charge in [-0.2, -0.15) is 13.5 Å². The minimum Gasteiger partial charge on any atom is -0.378 e. The lowest BCUT2D eigenvalue weighted by Crippen LogP contribution is -2.36. The maximum absolute atomic E-state index is 13.6. The molecule has 0 saturated carbocycles. The highest BCUT2D eigenvalue weighted by molar-refractivity contribution is 7.92. The molecule has 0 amide bonds. The molecule has 0 radical (unpaired) electrons. The topological polar surface area (TPSA) is 67.7 Å². The van der Waals surface area contributed by atoms with E-state index in [0.717, 1.165) is 24.3 Å². The van der Waals surface area contributed by atoms with Crippen molar-refractivity contribution in [2.24, 2.45) is 7.05 Å². The van der Waals surface area contributed by atoms with Gasteiger partial charge in [0.15, 0.2) is 5.03 Å². The van der Waals surface area contributed by atoms with Crippen LogP contribution in [0.25, 0.3) is 0 Å². The Hall–Kier alpha value is -2.55.